The van der Waals surface area contributed by atoms with Gasteiger partial charge in [-0.3, -0.25) is 48.4 Å². The second kappa shape index (κ2) is 19.4. The number of aliphatic carboxylic acids is 4. The molecule has 1 heterocycles. The summed E-state index contributed by atoms with van der Waals surface area (Å²) in [4.78, 5) is 78.9. The van der Waals surface area contributed by atoms with Crippen LogP contribution in [0, 0.1) is 0 Å². The molecule has 0 radical (unpaired) electrons. The van der Waals surface area contributed by atoms with Gasteiger partial charge in [-0.05, 0) is 17.5 Å². The molecule has 0 aliphatic carbocycles. The highest BCUT2D eigenvalue weighted by Gasteiger charge is 2.22. The molecule has 2 rings (SSSR count). The highest BCUT2D eigenvalue weighted by Crippen LogP contribution is 2.07. The molecule has 256 valence electrons. The zero-order valence-electron chi connectivity index (χ0n) is 26.0. The molecule has 1 aliphatic heterocycles. The number of carbonyl (C=O) groups is 6. The van der Waals surface area contributed by atoms with Crippen LogP contribution in [-0.4, -0.2) is 179 Å². The number of likely N-dealkylation sites (N-methyl/N-ethyl adjacent to an activating group) is 1. The normalized spacial score (nSPS) is 16.8. The van der Waals surface area contributed by atoms with Crippen molar-refractivity contribution in [3.05, 3.63) is 35.4 Å². The number of rotatable bonds is 15. The predicted molar refractivity (Wildman–Crippen MR) is 164 cm³/mol. The molecule has 1 saturated heterocycles. The van der Waals surface area contributed by atoms with Gasteiger partial charge in [0.1, 0.15) is 6.04 Å². The first-order valence-electron chi connectivity index (χ1n) is 14.8. The van der Waals surface area contributed by atoms with Crippen LogP contribution in [0.5, 0.6) is 0 Å². The summed E-state index contributed by atoms with van der Waals surface area (Å²) >= 11 is 0. The standard InChI is InChI=1S/C29H45N7O10/c1-32(16-24(37)31-15-22-4-2-21(3-5-22)14-23(30)29(45)46)25(38)17-33-6-8-34(18-26(39)40)10-12-36(20-28(43)44)13-11-35(9-7-33)19-27(41)42/h2-5,23H,6-20,30H2,1H3,(H,31,37)(H,39,40)(H,41,42)(H,43,44)(H,45,46)/t23-/m0/s1. The Labute approximate surface area is 267 Å². The predicted octanol–water partition coefficient (Wildman–Crippen LogP) is -2.81. The number of carboxylic acid groups (broad SMARTS) is 4. The van der Waals surface area contributed by atoms with Gasteiger partial charge in [0.2, 0.25) is 11.8 Å². The fourth-order valence-electron chi connectivity index (χ4n) is 4.79. The zero-order valence-corrected chi connectivity index (χ0v) is 26.0. The SMILES string of the molecule is CN(CC(=O)NCc1ccc(C[C@H](N)C(=O)O)cc1)C(=O)CN1CCN(CC(=O)O)CCN(CC(=O)O)CCN(CC(=O)O)CC1. The summed E-state index contributed by atoms with van der Waals surface area (Å²) in [5.74, 6) is -4.98. The molecule has 17 heteroatoms. The second-order valence-electron chi connectivity index (χ2n) is 11.3. The van der Waals surface area contributed by atoms with E-state index in [1.807, 2.05) is 0 Å². The van der Waals surface area contributed by atoms with Gasteiger partial charge in [-0.15, -0.1) is 0 Å². The topological polar surface area (TPSA) is 238 Å². The molecule has 1 atom stereocenters. The molecule has 46 heavy (non-hydrogen) atoms. The van der Waals surface area contributed by atoms with E-state index in [0.29, 0.717) is 0 Å². The van der Waals surface area contributed by atoms with Crippen LogP contribution in [-0.2, 0) is 41.7 Å². The van der Waals surface area contributed by atoms with Crippen LogP contribution >= 0.6 is 0 Å². The third kappa shape index (κ3) is 15.2. The molecule has 1 aromatic rings. The fraction of sp³-hybridized carbons (Fsp3) is 0.586. The van der Waals surface area contributed by atoms with Gasteiger partial charge >= 0.3 is 23.9 Å². The van der Waals surface area contributed by atoms with Gasteiger partial charge in [-0.25, -0.2) is 0 Å². The summed E-state index contributed by atoms with van der Waals surface area (Å²) in [6.07, 6.45) is 0.173. The zero-order chi connectivity index (χ0) is 34.2. The number of carbonyl (C=O) groups excluding carboxylic acids is 2. The highest BCUT2D eigenvalue weighted by molar-refractivity contribution is 5.85. The lowest BCUT2D eigenvalue weighted by atomic mass is 10.0. The van der Waals surface area contributed by atoms with Gasteiger partial charge < -0.3 is 36.4 Å². The lowest BCUT2D eigenvalue weighted by molar-refractivity contribution is -0.140. The first-order valence-corrected chi connectivity index (χ1v) is 14.8. The minimum absolute atomic E-state index is 0.0866. The largest absolute Gasteiger partial charge is 0.480 e. The van der Waals surface area contributed by atoms with Crippen molar-refractivity contribution in [2.24, 2.45) is 5.73 Å². The van der Waals surface area contributed by atoms with E-state index >= 15 is 0 Å². The maximum atomic E-state index is 13.1. The van der Waals surface area contributed by atoms with E-state index in [1.54, 1.807) is 43.9 Å². The molecular formula is C29H45N7O10. The van der Waals surface area contributed by atoms with Gasteiger partial charge in [0, 0.05) is 66.0 Å². The van der Waals surface area contributed by atoms with E-state index in [2.05, 4.69) is 5.32 Å². The lowest BCUT2D eigenvalue weighted by Gasteiger charge is -2.33. The number of hydrogen-bond acceptors (Lipinski definition) is 11. The summed E-state index contributed by atoms with van der Waals surface area (Å²) in [5.41, 5.74) is 7.08. The Morgan fingerprint density at radius 2 is 1.07 bits per heavy atom. The lowest BCUT2D eigenvalue weighted by Crippen LogP contribution is -2.50. The Kier molecular flexibility index (Phi) is 16.0. The molecule has 0 unspecified atom stereocenters. The third-order valence-electron chi connectivity index (χ3n) is 7.46. The number of nitrogens with two attached hydrogens (primary N) is 1. The molecule has 7 N–H and O–H groups in total. The summed E-state index contributed by atoms with van der Waals surface area (Å²) in [6.45, 7) is 1.25. The molecule has 0 bridgehead atoms. The smallest absolute Gasteiger partial charge is 0.320 e. The van der Waals surface area contributed by atoms with Crippen molar-refractivity contribution in [2.75, 3.05) is 92.1 Å². The van der Waals surface area contributed by atoms with Gasteiger partial charge in [0.15, 0.2) is 0 Å². The van der Waals surface area contributed by atoms with Crippen molar-refractivity contribution in [2.45, 2.75) is 19.0 Å². The average Bonchev–Trinajstić information content (AvgIpc) is 2.97. The summed E-state index contributed by atoms with van der Waals surface area (Å²) < 4.78 is 0. The van der Waals surface area contributed by atoms with E-state index < -0.39 is 35.8 Å². The van der Waals surface area contributed by atoms with Gasteiger partial charge in [0.05, 0.1) is 32.7 Å². The third-order valence-corrected chi connectivity index (χ3v) is 7.46. The Bertz CT molecular complexity index is 1170. The molecular weight excluding hydrogens is 606 g/mol. The van der Waals surface area contributed by atoms with Crippen molar-refractivity contribution in [3.63, 3.8) is 0 Å². The second-order valence-corrected chi connectivity index (χ2v) is 11.3. The average molecular weight is 652 g/mol. The Hall–Kier alpha value is -4.16. The molecule has 0 saturated carbocycles. The number of carboxylic acids is 4. The van der Waals surface area contributed by atoms with E-state index in [4.69, 9.17) is 10.8 Å². The molecule has 17 nitrogen and oxygen atoms in total. The molecule has 0 spiro atoms. The van der Waals surface area contributed by atoms with Crippen LogP contribution in [0.2, 0.25) is 0 Å². The van der Waals surface area contributed by atoms with E-state index in [0.717, 1.165) is 11.1 Å². The Morgan fingerprint density at radius 3 is 1.43 bits per heavy atom. The minimum Gasteiger partial charge on any atom is -0.480 e. The van der Waals surface area contributed by atoms with Crippen molar-refractivity contribution in [1.29, 1.82) is 0 Å². The van der Waals surface area contributed by atoms with Crippen molar-refractivity contribution >= 4 is 35.7 Å². The van der Waals surface area contributed by atoms with Gasteiger partial charge in [-0.1, -0.05) is 24.3 Å². The van der Waals surface area contributed by atoms with E-state index in [-0.39, 0.29) is 104 Å². The molecule has 0 aromatic heterocycles. The van der Waals surface area contributed by atoms with Gasteiger partial charge in [-0.2, -0.15) is 0 Å². The van der Waals surface area contributed by atoms with E-state index in [1.165, 1.54) is 11.9 Å². The van der Waals surface area contributed by atoms with Crippen molar-refractivity contribution in [1.82, 2.24) is 29.8 Å². The first-order chi connectivity index (χ1) is 21.7. The van der Waals surface area contributed by atoms with Gasteiger partial charge in [0.25, 0.3) is 0 Å². The summed E-state index contributed by atoms with van der Waals surface area (Å²) in [6, 6.07) is 5.96. The molecule has 1 fully saturated rings. The maximum Gasteiger partial charge on any atom is 0.320 e. The summed E-state index contributed by atoms with van der Waals surface area (Å²) in [5, 5.41) is 39.7. The number of amides is 2. The minimum atomic E-state index is -1.09. The fourth-order valence-corrected chi connectivity index (χ4v) is 4.79. The molecule has 2 amide bonds. The summed E-state index contributed by atoms with van der Waals surface area (Å²) in [7, 11) is 1.49. The quantitative estimate of drug-likeness (QED) is 0.112. The first kappa shape index (κ1) is 38.0. The number of nitrogens with one attached hydrogen (secondary N) is 1. The van der Waals surface area contributed by atoms with Crippen molar-refractivity contribution in [3.8, 4) is 0 Å². The van der Waals surface area contributed by atoms with Crippen LogP contribution in [0.25, 0.3) is 0 Å². The number of hydrogen-bond donors (Lipinski definition) is 6. The maximum absolute atomic E-state index is 13.1. The van der Waals surface area contributed by atoms with Crippen LogP contribution in [0.15, 0.2) is 24.3 Å². The van der Waals surface area contributed by atoms with Crippen LogP contribution in [0.4, 0.5) is 0 Å². The van der Waals surface area contributed by atoms with E-state index in [9.17, 15) is 44.1 Å². The van der Waals surface area contributed by atoms with Crippen LogP contribution in [0.1, 0.15) is 11.1 Å². The number of benzene rings is 1. The van der Waals surface area contributed by atoms with Crippen LogP contribution in [0.3, 0.4) is 0 Å². The Balaban J connectivity index is 1.99. The monoisotopic (exact) mass is 651 g/mol. The Morgan fingerprint density at radius 1 is 0.696 bits per heavy atom. The van der Waals surface area contributed by atoms with Crippen LogP contribution < -0.4 is 11.1 Å². The number of nitrogens with zero attached hydrogens (tertiary/aromatic N) is 5. The molecule has 1 aromatic carbocycles. The molecule has 1 aliphatic rings. The van der Waals surface area contributed by atoms with Crippen molar-refractivity contribution < 1.29 is 49.2 Å². The highest BCUT2D eigenvalue weighted by atomic mass is 16.4.